The maximum Gasteiger partial charge on any atom is 0.131 e. The minimum atomic E-state index is 0.525. The minimum absolute atomic E-state index is 0.525. The third-order valence-corrected chi connectivity index (χ3v) is 5.05. The first kappa shape index (κ1) is 17.7. The number of likely N-dealkylation sites (tertiary alicyclic amines) is 1. The van der Waals surface area contributed by atoms with E-state index in [2.05, 4.69) is 43.5 Å². The highest BCUT2D eigenvalue weighted by atomic mass is 15.1. The number of pyridine rings is 2. The van der Waals surface area contributed by atoms with Crippen LogP contribution in [-0.4, -0.2) is 37.5 Å². The Morgan fingerprint density at radius 2 is 2.11 bits per heavy atom. The van der Waals surface area contributed by atoms with Gasteiger partial charge in [-0.3, -0.25) is 4.90 Å². The van der Waals surface area contributed by atoms with Gasteiger partial charge in [-0.25, -0.2) is 15.0 Å². The lowest BCUT2D eigenvalue weighted by molar-refractivity contribution is 0.198. The number of rotatable bonds is 5. The van der Waals surface area contributed by atoms with E-state index in [9.17, 15) is 0 Å². The van der Waals surface area contributed by atoms with E-state index in [4.69, 9.17) is 0 Å². The van der Waals surface area contributed by atoms with Crippen LogP contribution in [0, 0.1) is 6.92 Å². The third-order valence-electron chi connectivity index (χ3n) is 5.05. The van der Waals surface area contributed by atoms with Gasteiger partial charge >= 0.3 is 0 Å². The lowest BCUT2D eigenvalue weighted by Gasteiger charge is -2.32. The van der Waals surface area contributed by atoms with Crippen LogP contribution in [0.2, 0.25) is 0 Å². The van der Waals surface area contributed by atoms with E-state index >= 15 is 0 Å². The van der Waals surface area contributed by atoms with Gasteiger partial charge in [0.05, 0.1) is 12.0 Å². The molecule has 1 saturated heterocycles. The molecule has 4 rings (SSSR count). The van der Waals surface area contributed by atoms with E-state index in [-0.39, 0.29) is 0 Å². The number of nitrogens with one attached hydrogen (secondary N) is 1. The number of hydrogen-bond acceptors (Lipinski definition) is 5. The zero-order chi connectivity index (χ0) is 18.6. The van der Waals surface area contributed by atoms with Gasteiger partial charge in [0, 0.05) is 38.2 Å². The van der Waals surface area contributed by atoms with Crippen molar-refractivity contribution in [3.63, 3.8) is 0 Å². The number of hydrogen-bond donors (Lipinski definition) is 1. The normalized spacial score (nSPS) is 17.8. The van der Waals surface area contributed by atoms with Crippen LogP contribution in [0.4, 0.5) is 11.6 Å². The quantitative estimate of drug-likeness (QED) is 0.751. The molecule has 1 N–H and O–H groups in total. The number of nitrogens with zero attached hydrogens (tertiary/aromatic N) is 5. The molecule has 0 aromatic carbocycles. The molecular weight excluding hydrogens is 336 g/mol. The van der Waals surface area contributed by atoms with Crippen LogP contribution in [-0.2, 0) is 13.6 Å². The second kappa shape index (κ2) is 7.88. The van der Waals surface area contributed by atoms with Crippen molar-refractivity contribution >= 4 is 11.6 Å². The molecule has 3 aromatic heterocycles. The predicted octanol–water partition coefficient (Wildman–Crippen LogP) is 3.64. The van der Waals surface area contributed by atoms with Crippen LogP contribution in [0.25, 0.3) is 0 Å². The van der Waals surface area contributed by atoms with Crippen LogP contribution >= 0.6 is 0 Å². The average Bonchev–Trinajstić information content (AvgIpc) is 3.07. The van der Waals surface area contributed by atoms with Gasteiger partial charge in [-0.2, -0.15) is 0 Å². The van der Waals surface area contributed by atoms with E-state index in [1.807, 2.05) is 49.3 Å². The van der Waals surface area contributed by atoms with E-state index in [0.29, 0.717) is 5.92 Å². The zero-order valence-corrected chi connectivity index (χ0v) is 16.0. The SMILES string of the molecule is Cc1cccc(Nc2cc([C@@H]3CCCN(Cc4cn(C)cn4)C3)ccn2)n1. The molecule has 27 heavy (non-hydrogen) atoms. The van der Waals surface area contributed by atoms with Crippen molar-refractivity contribution in [3.05, 3.63) is 66.0 Å². The summed E-state index contributed by atoms with van der Waals surface area (Å²) in [7, 11) is 2.02. The Hall–Kier alpha value is -2.73. The van der Waals surface area contributed by atoms with E-state index < -0.39 is 0 Å². The van der Waals surface area contributed by atoms with Crippen LogP contribution in [0.15, 0.2) is 49.1 Å². The highest BCUT2D eigenvalue weighted by Gasteiger charge is 2.22. The molecule has 1 atom stereocenters. The molecule has 3 aromatic rings. The highest BCUT2D eigenvalue weighted by Crippen LogP contribution is 2.29. The molecule has 0 radical (unpaired) electrons. The van der Waals surface area contributed by atoms with Gasteiger partial charge < -0.3 is 9.88 Å². The number of aryl methyl sites for hydroxylation is 2. The molecule has 6 nitrogen and oxygen atoms in total. The van der Waals surface area contributed by atoms with E-state index in [1.165, 1.54) is 18.4 Å². The van der Waals surface area contributed by atoms with Crippen molar-refractivity contribution in [1.29, 1.82) is 0 Å². The van der Waals surface area contributed by atoms with Crippen LogP contribution in [0.3, 0.4) is 0 Å². The molecule has 0 unspecified atom stereocenters. The Bertz CT molecular complexity index is 903. The summed E-state index contributed by atoms with van der Waals surface area (Å²) in [6, 6.07) is 10.3. The first-order valence-corrected chi connectivity index (χ1v) is 9.51. The zero-order valence-electron chi connectivity index (χ0n) is 16.0. The number of aromatic nitrogens is 4. The summed E-state index contributed by atoms with van der Waals surface area (Å²) < 4.78 is 2.01. The summed E-state index contributed by atoms with van der Waals surface area (Å²) in [5.41, 5.74) is 3.47. The Morgan fingerprint density at radius 1 is 1.19 bits per heavy atom. The van der Waals surface area contributed by atoms with Gasteiger partial charge in [0.2, 0.25) is 0 Å². The topological polar surface area (TPSA) is 58.9 Å². The lowest BCUT2D eigenvalue weighted by Crippen LogP contribution is -2.34. The van der Waals surface area contributed by atoms with Gasteiger partial charge in [-0.05, 0) is 62.1 Å². The van der Waals surface area contributed by atoms with Crippen LogP contribution in [0.1, 0.15) is 35.7 Å². The van der Waals surface area contributed by atoms with Gasteiger partial charge in [0.1, 0.15) is 11.6 Å². The Morgan fingerprint density at radius 3 is 2.93 bits per heavy atom. The molecule has 0 aliphatic carbocycles. The molecule has 140 valence electrons. The van der Waals surface area contributed by atoms with Crippen molar-refractivity contribution in [2.45, 2.75) is 32.2 Å². The van der Waals surface area contributed by atoms with Crippen molar-refractivity contribution in [3.8, 4) is 0 Å². The summed E-state index contributed by atoms with van der Waals surface area (Å²) in [5.74, 6) is 2.21. The smallest absolute Gasteiger partial charge is 0.131 e. The molecule has 1 aliphatic rings. The number of anilines is 2. The molecule has 0 amide bonds. The van der Waals surface area contributed by atoms with Crippen molar-refractivity contribution in [2.75, 3.05) is 18.4 Å². The fraction of sp³-hybridized carbons (Fsp3) is 0.381. The first-order chi connectivity index (χ1) is 13.2. The van der Waals surface area contributed by atoms with Crippen molar-refractivity contribution in [1.82, 2.24) is 24.4 Å². The first-order valence-electron chi connectivity index (χ1n) is 9.51. The van der Waals surface area contributed by atoms with Gasteiger partial charge in [-0.15, -0.1) is 0 Å². The van der Waals surface area contributed by atoms with Gasteiger partial charge in [0.25, 0.3) is 0 Å². The summed E-state index contributed by atoms with van der Waals surface area (Å²) in [6.45, 7) is 5.10. The molecule has 0 saturated carbocycles. The Kier molecular flexibility index (Phi) is 5.16. The molecule has 1 fully saturated rings. The van der Waals surface area contributed by atoms with Crippen LogP contribution in [0.5, 0.6) is 0 Å². The maximum absolute atomic E-state index is 4.50. The molecule has 0 spiro atoms. The van der Waals surface area contributed by atoms with Gasteiger partial charge in [-0.1, -0.05) is 6.07 Å². The number of imidazole rings is 1. The standard InChI is InChI=1S/C21H26N6/c1-16-5-3-7-20(24-16)25-21-11-17(8-9-22-21)18-6-4-10-27(12-18)14-19-13-26(2)15-23-19/h3,5,7-9,11,13,15,18H,4,6,10,12,14H2,1-2H3,(H,22,24,25)/t18-/m1/s1. The Balaban J connectivity index is 1.44. The van der Waals surface area contributed by atoms with Crippen LogP contribution < -0.4 is 5.32 Å². The third kappa shape index (κ3) is 4.52. The van der Waals surface area contributed by atoms with E-state index in [1.54, 1.807) is 0 Å². The van der Waals surface area contributed by atoms with E-state index in [0.717, 1.165) is 42.7 Å². The molecular formula is C21H26N6. The second-order valence-electron chi connectivity index (χ2n) is 7.37. The molecule has 6 heteroatoms. The van der Waals surface area contributed by atoms with Gasteiger partial charge in [0.15, 0.2) is 0 Å². The predicted molar refractivity (Wildman–Crippen MR) is 107 cm³/mol. The molecule has 0 bridgehead atoms. The summed E-state index contributed by atoms with van der Waals surface area (Å²) >= 11 is 0. The summed E-state index contributed by atoms with van der Waals surface area (Å²) in [4.78, 5) is 16.0. The monoisotopic (exact) mass is 362 g/mol. The summed E-state index contributed by atoms with van der Waals surface area (Å²) in [5, 5.41) is 3.33. The average molecular weight is 362 g/mol. The van der Waals surface area contributed by atoms with Crippen molar-refractivity contribution < 1.29 is 0 Å². The second-order valence-corrected chi connectivity index (χ2v) is 7.37. The maximum atomic E-state index is 4.50. The molecule has 1 aliphatic heterocycles. The summed E-state index contributed by atoms with van der Waals surface area (Å²) in [6.07, 6.45) is 8.29. The Labute approximate surface area is 160 Å². The van der Waals surface area contributed by atoms with Crippen molar-refractivity contribution in [2.24, 2.45) is 7.05 Å². The minimum Gasteiger partial charge on any atom is -0.340 e. The number of piperidine rings is 1. The fourth-order valence-electron chi connectivity index (χ4n) is 3.76. The largest absolute Gasteiger partial charge is 0.340 e. The highest BCUT2D eigenvalue weighted by molar-refractivity contribution is 5.52. The molecule has 4 heterocycles. The lowest BCUT2D eigenvalue weighted by atomic mass is 9.91. The fourth-order valence-corrected chi connectivity index (χ4v) is 3.76.